The first kappa shape index (κ1) is 14.4. The number of alkyl halides is 2. The molecule has 21 heavy (non-hydrogen) atoms. The van der Waals surface area contributed by atoms with Crippen LogP contribution in [0.1, 0.15) is 17.7 Å². The highest BCUT2D eigenvalue weighted by Gasteiger charge is 2.56. The molecule has 1 aromatic carbocycles. The number of hydrogen-bond acceptors (Lipinski definition) is 2. The number of aryl methyl sites for hydroxylation is 1. The molecule has 1 fully saturated rings. The number of amides is 1. The average Bonchev–Trinajstić information content (AvgIpc) is 2.94. The largest absolute Gasteiger partial charge is 0.311 e. The smallest absolute Gasteiger partial charge is 0.231 e. The van der Waals surface area contributed by atoms with Crippen LogP contribution in [-0.4, -0.2) is 20.0 Å². The number of carbonyl (C=O) groups is 1. The first-order valence-corrected chi connectivity index (χ1v) is 7.48. The van der Waals surface area contributed by atoms with E-state index in [1.807, 2.05) is 43.3 Å². The number of rotatable bonds is 4. The molecule has 1 saturated carbocycles. The third-order valence-electron chi connectivity index (χ3n) is 3.47. The van der Waals surface area contributed by atoms with Crippen LogP contribution in [0.25, 0.3) is 0 Å². The molecule has 1 unspecified atom stereocenters. The number of hydrogen-bond donors (Lipinski definition) is 1. The van der Waals surface area contributed by atoms with Crippen molar-refractivity contribution < 1.29 is 4.79 Å². The van der Waals surface area contributed by atoms with Gasteiger partial charge < -0.3 is 5.32 Å². The van der Waals surface area contributed by atoms with Gasteiger partial charge in [-0.3, -0.25) is 4.79 Å². The van der Waals surface area contributed by atoms with Gasteiger partial charge in [0.15, 0.2) is 0 Å². The lowest BCUT2D eigenvalue weighted by atomic mass is 10.2. The molecule has 0 aliphatic heterocycles. The van der Waals surface area contributed by atoms with Crippen molar-refractivity contribution in [1.82, 2.24) is 9.78 Å². The summed E-state index contributed by atoms with van der Waals surface area (Å²) in [6, 6.07) is 11.8. The van der Waals surface area contributed by atoms with Gasteiger partial charge in [-0.15, -0.1) is 23.2 Å². The number of benzene rings is 1. The second-order valence-electron chi connectivity index (χ2n) is 5.32. The zero-order chi connectivity index (χ0) is 15.0. The summed E-state index contributed by atoms with van der Waals surface area (Å²) in [4.78, 5) is 12.1. The summed E-state index contributed by atoms with van der Waals surface area (Å²) in [5.74, 6) is 0.160. The van der Waals surface area contributed by atoms with Crippen molar-refractivity contribution >= 4 is 34.9 Å². The highest BCUT2D eigenvalue weighted by molar-refractivity contribution is 6.52. The normalized spacial score (nSPS) is 19.3. The minimum Gasteiger partial charge on any atom is -0.311 e. The second kappa shape index (κ2) is 5.35. The maximum Gasteiger partial charge on any atom is 0.231 e. The zero-order valence-electron chi connectivity index (χ0n) is 11.5. The molecule has 110 valence electrons. The quantitative estimate of drug-likeness (QED) is 0.877. The Morgan fingerprint density at radius 1 is 1.43 bits per heavy atom. The van der Waals surface area contributed by atoms with Crippen molar-refractivity contribution in [2.75, 3.05) is 5.32 Å². The predicted molar refractivity (Wildman–Crippen MR) is 83.7 cm³/mol. The van der Waals surface area contributed by atoms with Crippen LogP contribution in [0.5, 0.6) is 0 Å². The van der Waals surface area contributed by atoms with Crippen LogP contribution in [0.3, 0.4) is 0 Å². The molecule has 1 aromatic heterocycles. The number of nitrogens with one attached hydrogen (secondary N) is 1. The van der Waals surface area contributed by atoms with Crippen LogP contribution < -0.4 is 5.32 Å². The van der Waals surface area contributed by atoms with Gasteiger partial charge in [-0.1, -0.05) is 30.3 Å². The Kier molecular flexibility index (Phi) is 3.68. The monoisotopic (exact) mass is 323 g/mol. The maximum absolute atomic E-state index is 12.1. The predicted octanol–water partition coefficient (Wildman–Crippen LogP) is 3.37. The van der Waals surface area contributed by atoms with E-state index in [0.29, 0.717) is 18.8 Å². The Balaban J connectivity index is 1.75. The molecule has 3 rings (SSSR count). The van der Waals surface area contributed by atoms with Gasteiger partial charge in [0.2, 0.25) is 5.91 Å². The first-order chi connectivity index (χ1) is 9.95. The van der Waals surface area contributed by atoms with Crippen molar-refractivity contribution in [2.45, 2.75) is 24.2 Å². The van der Waals surface area contributed by atoms with E-state index in [1.54, 1.807) is 4.68 Å². The fraction of sp³-hybridized carbons (Fsp3) is 0.333. The fourth-order valence-corrected chi connectivity index (χ4v) is 2.74. The molecule has 4 nitrogen and oxygen atoms in total. The summed E-state index contributed by atoms with van der Waals surface area (Å²) in [5.41, 5.74) is 1.96. The number of aromatic nitrogens is 2. The Labute approximate surface area is 133 Å². The molecule has 1 N–H and O–H groups in total. The number of carbonyl (C=O) groups excluding carboxylic acids is 1. The average molecular weight is 324 g/mol. The van der Waals surface area contributed by atoms with E-state index in [1.165, 1.54) is 0 Å². The molecule has 1 aliphatic rings. The molecule has 1 amide bonds. The van der Waals surface area contributed by atoms with Gasteiger partial charge in [-0.05, 0) is 18.9 Å². The summed E-state index contributed by atoms with van der Waals surface area (Å²) in [6.45, 7) is 2.49. The molecule has 0 radical (unpaired) electrons. The summed E-state index contributed by atoms with van der Waals surface area (Å²) in [6.07, 6.45) is 0.494. The van der Waals surface area contributed by atoms with Crippen molar-refractivity contribution in [2.24, 2.45) is 5.92 Å². The summed E-state index contributed by atoms with van der Waals surface area (Å²) in [5, 5.41) is 7.27. The van der Waals surface area contributed by atoms with E-state index in [2.05, 4.69) is 10.4 Å². The van der Waals surface area contributed by atoms with Gasteiger partial charge in [-0.2, -0.15) is 5.10 Å². The van der Waals surface area contributed by atoms with E-state index < -0.39 is 4.33 Å². The van der Waals surface area contributed by atoms with E-state index in [4.69, 9.17) is 23.2 Å². The fourth-order valence-electron chi connectivity index (χ4n) is 2.23. The molecule has 0 spiro atoms. The molecular weight excluding hydrogens is 309 g/mol. The third-order valence-corrected chi connectivity index (χ3v) is 4.31. The second-order valence-corrected chi connectivity index (χ2v) is 6.86. The lowest BCUT2D eigenvalue weighted by Crippen LogP contribution is -2.19. The Bertz CT molecular complexity index is 667. The lowest BCUT2D eigenvalue weighted by molar-refractivity contribution is -0.117. The van der Waals surface area contributed by atoms with Crippen LogP contribution in [0.4, 0.5) is 5.82 Å². The Morgan fingerprint density at radius 2 is 2.10 bits per heavy atom. The first-order valence-electron chi connectivity index (χ1n) is 6.73. The van der Waals surface area contributed by atoms with Crippen LogP contribution >= 0.6 is 23.2 Å². The van der Waals surface area contributed by atoms with Crippen molar-refractivity contribution in [3.05, 3.63) is 47.7 Å². The number of halogens is 2. The third kappa shape index (κ3) is 3.22. The molecular formula is C15H15Cl2N3O. The molecule has 2 aromatic rings. The standard InChI is InChI=1S/C15H15Cl2N3O/c1-10-7-13(18-14(21)12-8-15(12,16)17)20(19-10)9-11-5-3-2-4-6-11/h2-7,12H,8-9H2,1H3,(H,18,21). The van der Waals surface area contributed by atoms with E-state index >= 15 is 0 Å². The maximum atomic E-state index is 12.1. The van der Waals surface area contributed by atoms with Crippen LogP contribution in [0, 0.1) is 12.8 Å². The number of nitrogens with zero attached hydrogens (tertiary/aromatic N) is 2. The Morgan fingerprint density at radius 3 is 2.71 bits per heavy atom. The molecule has 1 aliphatic carbocycles. The van der Waals surface area contributed by atoms with Crippen LogP contribution in [-0.2, 0) is 11.3 Å². The van der Waals surface area contributed by atoms with E-state index in [9.17, 15) is 4.79 Å². The van der Waals surface area contributed by atoms with E-state index in [0.717, 1.165) is 11.3 Å². The zero-order valence-corrected chi connectivity index (χ0v) is 13.0. The molecule has 0 saturated heterocycles. The summed E-state index contributed by atoms with van der Waals surface area (Å²) in [7, 11) is 0. The molecule has 0 bridgehead atoms. The van der Waals surface area contributed by atoms with Crippen LogP contribution in [0.15, 0.2) is 36.4 Å². The van der Waals surface area contributed by atoms with Gasteiger partial charge >= 0.3 is 0 Å². The van der Waals surface area contributed by atoms with Gasteiger partial charge in [0.05, 0.1) is 18.2 Å². The summed E-state index contributed by atoms with van der Waals surface area (Å²) >= 11 is 11.9. The van der Waals surface area contributed by atoms with Crippen molar-refractivity contribution in [3.63, 3.8) is 0 Å². The highest BCUT2D eigenvalue weighted by Crippen LogP contribution is 2.53. The SMILES string of the molecule is Cc1cc(NC(=O)C2CC2(Cl)Cl)n(Cc2ccccc2)n1. The van der Waals surface area contributed by atoms with Crippen LogP contribution in [0.2, 0.25) is 0 Å². The minimum absolute atomic E-state index is 0.158. The van der Waals surface area contributed by atoms with Gasteiger partial charge in [-0.25, -0.2) is 4.68 Å². The molecule has 6 heteroatoms. The van der Waals surface area contributed by atoms with E-state index in [-0.39, 0.29) is 11.8 Å². The highest BCUT2D eigenvalue weighted by atomic mass is 35.5. The van der Waals surface area contributed by atoms with Gasteiger partial charge in [0.1, 0.15) is 10.2 Å². The lowest BCUT2D eigenvalue weighted by Gasteiger charge is -2.09. The van der Waals surface area contributed by atoms with Crippen molar-refractivity contribution in [3.8, 4) is 0 Å². The minimum atomic E-state index is -0.913. The molecule has 1 atom stereocenters. The summed E-state index contributed by atoms with van der Waals surface area (Å²) < 4.78 is 0.860. The van der Waals surface area contributed by atoms with Gasteiger partial charge in [0.25, 0.3) is 0 Å². The molecule has 1 heterocycles. The number of anilines is 1. The van der Waals surface area contributed by atoms with Crippen molar-refractivity contribution in [1.29, 1.82) is 0 Å². The topological polar surface area (TPSA) is 46.9 Å². The Hall–Kier alpha value is -1.52. The van der Waals surface area contributed by atoms with Gasteiger partial charge in [0, 0.05) is 6.07 Å².